The SMILES string of the molecule is CO[C@H]1C[C@H]2CC[C@@H]1C(=O)O2. The third kappa shape index (κ3) is 1.03. The van der Waals surface area contributed by atoms with Crippen LogP contribution in [0.15, 0.2) is 0 Å². The summed E-state index contributed by atoms with van der Waals surface area (Å²) in [5, 5.41) is 0. The van der Waals surface area contributed by atoms with E-state index in [0.29, 0.717) is 0 Å². The highest BCUT2D eigenvalue weighted by atomic mass is 16.6. The molecule has 1 saturated carbocycles. The van der Waals surface area contributed by atoms with Crippen LogP contribution in [0.5, 0.6) is 0 Å². The van der Waals surface area contributed by atoms with Gasteiger partial charge in [-0.2, -0.15) is 0 Å². The number of fused-ring (bicyclic) bond motifs is 3. The summed E-state index contributed by atoms with van der Waals surface area (Å²) in [7, 11) is 1.67. The van der Waals surface area contributed by atoms with Crippen molar-refractivity contribution in [2.45, 2.75) is 31.5 Å². The van der Waals surface area contributed by atoms with Gasteiger partial charge in [-0.1, -0.05) is 0 Å². The zero-order valence-corrected chi connectivity index (χ0v) is 6.58. The maximum atomic E-state index is 11.1. The molecule has 2 saturated heterocycles. The van der Waals surface area contributed by atoms with Crippen LogP contribution >= 0.6 is 0 Å². The van der Waals surface area contributed by atoms with Gasteiger partial charge in [0.15, 0.2) is 0 Å². The lowest BCUT2D eigenvalue weighted by atomic mass is 9.82. The molecule has 3 aliphatic rings. The second-order valence-electron chi connectivity index (χ2n) is 3.25. The molecular weight excluding hydrogens is 144 g/mol. The fourth-order valence-corrected chi connectivity index (χ4v) is 1.98. The van der Waals surface area contributed by atoms with Gasteiger partial charge in [-0.3, -0.25) is 4.79 Å². The highest BCUT2D eigenvalue weighted by Crippen LogP contribution is 2.35. The van der Waals surface area contributed by atoms with Crippen LogP contribution in [0.4, 0.5) is 0 Å². The summed E-state index contributed by atoms with van der Waals surface area (Å²) in [6, 6.07) is 0. The maximum Gasteiger partial charge on any atom is 0.311 e. The van der Waals surface area contributed by atoms with Gasteiger partial charge in [0.05, 0.1) is 12.0 Å². The fourth-order valence-electron chi connectivity index (χ4n) is 1.98. The second-order valence-corrected chi connectivity index (χ2v) is 3.25. The smallest absolute Gasteiger partial charge is 0.311 e. The summed E-state index contributed by atoms with van der Waals surface area (Å²) in [5.74, 6) is -0.0376. The lowest BCUT2D eigenvalue weighted by Gasteiger charge is -2.39. The van der Waals surface area contributed by atoms with Crippen LogP contribution in [0.3, 0.4) is 0 Å². The zero-order chi connectivity index (χ0) is 7.84. The lowest BCUT2D eigenvalue weighted by Crippen LogP contribution is -2.47. The first-order valence-electron chi connectivity index (χ1n) is 4.04. The minimum Gasteiger partial charge on any atom is -0.462 e. The molecule has 3 atom stereocenters. The maximum absolute atomic E-state index is 11.1. The normalized spacial score (nSPS) is 42.3. The van der Waals surface area contributed by atoms with E-state index in [2.05, 4.69) is 0 Å². The molecule has 0 aromatic carbocycles. The number of hydrogen-bond acceptors (Lipinski definition) is 3. The van der Waals surface area contributed by atoms with E-state index in [1.54, 1.807) is 7.11 Å². The van der Waals surface area contributed by atoms with Crippen molar-refractivity contribution in [1.82, 2.24) is 0 Å². The topological polar surface area (TPSA) is 35.5 Å². The van der Waals surface area contributed by atoms with Gasteiger partial charge in [0.2, 0.25) is 0 Å². The Morgan fingerprint density at radius 2 is 2.36 bits per heavy atom. The molecule has 0 aromatic heterocycles. The van der Waals surface area contributed by atoms with Gasteiger partial charge >= 0.3 is 5.97 Å². The fraction of sp³-hybridized carbons (Fsp3) is 0.875. The standard InChI is InChI=1S/C8H12O3/c1-10-7-4-5-2-3-6(7)8(9)11-5/h5-7H,2-4H2,1H3/t5-,6+,7+/m1/s1. The zero-order valence-electron chi connectivity index (χ0n) is 6.58. The van der Waals surface area contributed by atoms with Crippen molar-refractivity contribution < 1.29 is 14.3 Å². The predicted octanol–water partition coefficient (Wildman–Crippen LogP) is 0.727. The molecule has 3 rings (SSSR count). The molecular formula is C8H12O3. The van der Waals surface area contributed by atoms with E-state index in [-0.39, 0.29) is 24.1 Å². The first kappa shape index (κ1) is 7.10. The lowest BCUT2D eigenvalue weighted by molar-refractivity contribution is -0.183. The van der Waals surface area contributed by atoms with Crippen molar-refractivity contribution in [1.29, 1.82) is 0 Å². The molecule has 0 amide bonds. The predicted molar refractivity (Wildman–Crippen MR) is 38.0 cm³/mol. The minimum absolute atomic E-state index is 0.0185. The number of esters is 1. The average Bonchev–Trinajstić information content (AvgIpc) is 2.04. The summed E-state index contributed by atoms with van der Waals surface area (Å²) in [6.07, 6.45) is 3.12. The Balaban J connectivity index is 2.13. The van der Waals surface area contributed by atoms with Crippen molar-refractivity contribution in [2.75, 3.05) is 7.11 Å². The Bertz CT molecular complexity index is 178. The molecule has 0 N–H and O–H groups in total. The third-order valence-corrected chi connectivity index (χ3v) is 2.63. The molecule has 3 nitrogen and oxygen atoms in total. The van der Waals surface area contributed by atoms with Gasteiger partial charge < -0.3 is 9.47 Å². The second kappa shape index (κ2) is 2.48. The Kier molecular flexibility index (Phi) is 1.60. The van der Waals surface area contributed by atoms with Crippen LogP contribution in [0.1, 0.15) is 19.3 Å². The number of ether oxygens (including phenoxy) is 2. The van der Waals surface area contributed by atoms with Gasteiger partial charge in [-0.25, -0.2) is 0 Å². The van der Waals surface area contributed by atoms with E-state index in [0.717, 1.165) is 19.3 Å². The first-order valence-corrected chi connectivity index (χ1v) is 4.04. The summed E-state index contributed by atoms with van der Waals surface area (Å²) in [4.78, 5) is 11.1. The molecule has 11 heavy (non-hydrogen) atoms. The summed E-state index contributed by atoms with van der Waals surface area (Å²) in [5.41, 5.74) is 0. The number of carbonyl (C=O) groups excluding carboxylic acids is 1. The van der Waals surface area contributed by atoms with Crippen LogP contribution in [-0.2, 0) is 14.3 Å². The number of hydrogen-bond donors (Lipinski definition) is 0. The van der Waals surface area contributed by atoms with E-state index >= 15 is 0 Å². The van der Waals surface area contributed by atoms with Gasteiger partial charge in [0, 0.05) is 13.5 Å². The Labute approximate surface area is 65.7 Å². The van der Waals surface area contributed by atoms with Crippen molar-refractivity contribution in [3.63, 3.8) is 0 Å². The summed E-state index contributed by atoms with van der Waals surface area (Å²) < 4.78 is 10.3. The highest BCUT2D eigenvalue weighted by Gasteiger charge is 2.43. The molecule has 2 heterocycles. The van der Waals surface area contributed by atoms with Crippen LogP contribution in [0.25, 0.3) is 0 Å². The molecule has 2 bridgehead atoms. The van der Waals surface area contributed by atoms with Crippen LogP contribution in [0.2, 0.25) is 0 Å². The monoisotopic (exact) mass is 156 g/mol. The number of carbonyl (C=O) groups is 1. The molecule has 0 aromatic rings. The summed E-state index contributed by atoms with van der Waals surface area (Å²) >= 11 is 0. The van der Waals surface area contributed by atoms with Crippen molar-refractivity contribution in [3.8, 4) is 0 Å². The van der Waals surface area contributed by atoms with Crippen LogP contribution in [-0.4, -0.2) is 25.3 Å². The van der Waals surface area contributed by atoms with Crippen molar-refractivity contribution in [2.24, 2.45) is 5.92 Å². The van der Waals surface area contributed by atoms with E-state index < -0.39 is 0 Å². The van der Waals surface area contributed by atoms with E-state index in [1.165, 1.54) is 0 Å². The molecule has 1 aliphatic carbocycles. The van der Waals surface area contributed by atoms with Gasteiger partial charge in [0.25, 0.3) is 0 Å². The molecule has 62 valence electrons. The highest BCUT2D eigenvalue weighted by molar-refractivity contribution is 5.75. The number of rotatable bonds is 1. The van der Waals surface area contributed by atoms with Gasteiger partial charge in [0.1, 0.15) is 6.10 Å². The average molecular weight is 156 g/mol. The number of methoxy groups -OCH3 is 1. The Hall–Kier alpha value is -0.570. The Morgan fingerprint density at radius 3 is 2.82 bits per heavy atom. The quantitative estimate of drug-likeness (QED) is 0.525. The molecule has 3 heteroatoms. The molecule has 0 radical (unpaired) electrons. The molecule has 0 spiro atoms. The van der Waals surface area contributed by atoms with E-state index in [9.17, 15) is 4.79 Å². The van der Waals surface area contributed by atoms with Crippen LogP contribution in [0, 0.1) is 5.92 Å². The summed E-state index contributed by atoms with van der Waals surface area (Å²) in [6.45, 7) is 0. The molecule has 0 unspecified atom stereocenters. The first-order chi connectivity index (χ1) is 5.31. The van der Waals surface area contributed by atoms with Crippen molar-refractivity contribution >= 4 is 5.97 Å². The van der Waals surface area contributed by atoms with Crippen molar-refractivity contribution in [3.05, 3.63) is 0 Å². The van der Waals surface area contributed by atoms with E-state index in [4.69, 9.17) is 9.47 Å². The van der Waals surface area contributed by atoms with E-state index in [1.807, 2.05) is 0 Å². The van der Waals surface area contributed by atoms with Gasteiger partial charge in [-0.15, -0.1) is 0 Å². The largest absolute Gasteiger partial charge is 0.462 e. The molecule has 3 fully saturated rings. The van der Waals surface area contributed by atoms with Gasteiger partial charge in [-0.05, 0) is 12.8 Å². The Morgan fingerprint density at radius 1 is 1.55 bits per heavy atom. The molecule has 2 aliphatic heterocycles. The minimum atomic E-state index is -0.0562. The van der Waals surface area contributed by atoms with Crippen LogP contribution < -0.4 is 0 Å². The third-order valence-electron chi connectivity index (χ3n) is 2.63.